The van der Waals surface area contributed by atoms with Crippen LogP contribution in [-0.2, 0) is 19.1 Å². The van der Waals surface area contributed by atoms with Crippen molar-refractivity contribution in [2.24, 2.45) is 5.92 Å². The van der Waals surface area contributed by atoms with Crippen molar-refractivity contribution in [1.82, 2.24) is 9.80 Å². The lowest BCUT2D eigenvalue weighted by atomic mass is 10.0. The summed E-state index contributed by atoms with van der Waals surface area (Å²) in [5.74, 6) is -0.135. The molecular formula is C20H23N3O6. The monoisotopic (exact) mass is 401 g/mol. The zero-order valence-electron chi connectivity index (χ0n) is 16.2. The lowest BCUT2D eigenvalue weighted by Gasteiger charge is -2.35. The zero-order valence-corrected chi connectivity index (χ0v) is 16.2. The van der Waals surface area contributed by atoms with Crippen LogP contribution in [0.15, 0.2) is 24.3 Å². The highest BCUT2D eigenvalue weighted by atomic mass is 16.6. The average molecular weight is 401 g/mol. The highest BCUT2D eigenvalue weighted by Gasteiger charge is 2.41. The minimum atomic E-state index is -0.601. The molecule has 1 atom stereocenters. The maximum atomic E-state index is 12.9. The number of benzene rings is 1. The molecule has 3 fully saturated rings. The van der Waals surface area contributed by atoms with Gasteiger partial charge in [-0.2, -0.15) is 0 Å². The third-order valence-corrected chi connectivity index (χ3v) is 5.78. The number of rotatable bonds is 4. The Morgan fingerprint density at radius 1 is 1.07 bits per heavy atom. The van der Waals surface area contributed by atoms with Crippen molar-refractivity contribution in [2.45, 2.75) is 25.3 Å². The fraction of sp³-hybridized carbons (Fsp3) is 0.500. The molecule has 0 aromatic heterocycles. The molecule has 3 aliphatic rings. The molecule has 0 aliphatic carbocycles. The summed E-state index contributed by atoms with van der Waals surface area (Å²) in [6.07, 6.45) is 0.628. The Morgan fingerprint density at radius 2 is 1.76 bits per heavy atom. The lowest BCUT2D eigenvalue weighted by molar-refractivity contribution is -0.137. The Hall–Kier alpha value is -3.10. The number of ether oxygens (including phenoxy) is 2. The highest BCUT2D eigenvalue weighted by molar-refractivity contribution is 6.00. The second kappa shape index (κ2) is 7.73. The van der Waals surface area contributed by atoms with Crippen LogP contribution in [0.3, 0.4) is 0 Å². The van der Waals surface area contributed by atoms with Gasteiger partial charge in [-0.15, -0.1) is 0 Å². The van der Waals surface area contributed by atoms with Gasteiger partial charge < -0.3 is 19.3 Å². The number of hydrogen-bond acceptors (Lipinski definition) is 6. The van der Waals surface area contributed by atoms with E-state index in [1.54, 1.807) is 41.2 Å². The summed E-state index contributed by atoms with van der Waals surface area (Å²) in [6.45, 7) is 1.05. The third-order valence-electron chi connectivity index (χ3n) is 5.78. The molecule has 0 N–H and O–H groups in total. The number of imide groups is 1. The SMILES string of the molecule is COc1ccc(N2CC(C(=O)N3CCC(N4C(=O)COC4=O)CC3)CC2=O)cc1. The van der Waals surface area contributed by atoms with Crippen molar-refractivity contribution in [1.29, 1.82) is 0 Å². The average Bonchev–Trinajstić information content (AvgIpc) is 3.29. The van der Waals surface area contributed by atoms with Crippen molar-refractivity contribution in [2.75, 3.05) is 38.3 Å². The summed E-state index contributed by atoms with van der Waals surface area (Å²) in [5, 5.41) is 0. The molecule has 9 heteroatoms. The number of amides is 4. The van der Waals surface area contributed by atoms with Gasteiger partial charge in [-0.05, 0) is 37.1 Å². The van der Waals surface area contributed by atoms with Crippen LogP contribution >= 0.6 is 0 Å². The second-order valence-electron chi connectivity index (χ2n) is 7.48. The van der Waals surface area contributed by atoms with Crippen LogP contribution in [0.4, 0.5) is 10.5 Å². The molecule has 4 rings (SSSR count). The topological polar surface area (TPSA) is 96.5 Å². The molecule has 154 valence electrons. The molecule has 3 aliphatic heterocycles. The second-order valence-corrected chi connectivity index (χ2v) is 7.48. The molecule has 0 spiro atoms. The van der Waals surface area contributed by atoms with Crippen LogP contribution in [0.25, 0.3) is 0 Å². The summed E-state index contributed by atoms with van der Waals surface area (Å²) in [5.41, 5.74) is 0.746. The van der Waals surface area contributed by atoms with Crippen LogP contribution in [0.5, 0.6) is 5.75 Å². The van der Waals surface area contributed by atoms with Gasteiger partial charge in [0.25, 0.3) is 5.91 Å². The molecule has 1 aromatic carbocycles. The van der Waals surface area contributed by atoms with Gasteiger partial charge >= 0.3 is 6.09 Å². The zero-order chi connectivity index (χ0) is 20.5. The van der Waals surface area contributed by atoms with E-state index in [9.17, 15) is 19.2 Å². The van der Waals surface area contributed by atoms with E-state index in [0.717, 1.165) is 5.69 Å². The number of cyclic esters (lactones) is 1. The number of hydrogen-bond donors (Lipinski definition) is 0. The van der Waals surface area contributed by atoms with E-state index >= 15 is 0 Å². The maximum Gasteiger partial charge on any atom is 0.417 e. The Kier molecular flexibility index (Phi) is 5.12. The predicted molar refractivity (Wildman–Crippen MR) is 101 cm³/mol. The summed E-state index contributed by atoms with van der Waals surface area (Å²) >= 11 is 0. The normalized spacial score (nSPS) is 23.0. The van der Waals surface area contributed by atoms with Crippen LogP contribution < -0.4 is 9.64 Å². The number of piperidine rings is 1. The Labute approximate surface area is 168 Å². The number of anilines is 1. The first kappa shape index (κ1) is 19.2. The third kappa shape index (κ3) is 3.64. The van der Waals surface area contributed by atoms with Gasteiger partial charge in [0.15, 0.2) is 6.61 Å². The van der Waals surface area contributed by atoms with Gasteiger partial charge in [0.1, 0.15) is 5.75 Å². The van der Waals surface area contributed by atoms with Gasteiger partial charge in [0.2, 0.25) is 11.8 Å². The van der Waals surface area contributed by atoms with Crippen LogP contribution in [0.1, 0.15) is 19.3 Å². The molecule has 4 amide bonds. The van der Waals surface area contributed by atoms with Gasteiger partial charge in [-0.25, -0.2) is 9.69 Å². The van der Waals surface area contributed by atoms with Gasteiger partial charge in [-0.1, -0.05) is 0 Å². The quantitative estimate of drug-likeness (QED) is 0.747. The van der Waals surface area contributed by atoms with E-state index in [1.165, 1.54) is 4.90 Å². The Balaban J connectivity index is 1.35. The minimum absolute atomic E-state index is 0.0527. The van der Waals surface area contributed by atoms with Crippen LogP contribution in [0, 0.1) is 5.92 Å². The fourth-order valence-corrected chi connectivity index (χ4v) is 4.20. The molecule has 9 nitrogen and oxygen atoms in total. The van der Waals surface area contributed by atoms with Crippen molar-refractivity contribution < 1.29 is 28.7 Å². The Morgan fingerprint density at radius 3 is 2.34 bits per heavy atom. The summed E-state index contributed by atoms with van der Waals surface area (Å²) in [4.78, 5) is 53.4. The standard InChI is InChI=1S/C20H23N3O6/c1-28-16-4-2-14(3-5-16)22-11-13(10-17(22)24)19(26)21-8-6-15(7-9-21)23-18(25)12-29-20(23)27/h2-5,13,15H,6-12H2,1H3. The smallest absolute Gasteiger partial charge is 0.417 e. The molecule has 0 saturated carbocycles. The van der Waals surface area contributed by atoms with E-state index in [4.69, 9.17) is 9.47 Å². The molecule has 29 heavy (non-hydrogen) atoms. The van der Waals surface area contributed by atoms with E-state index in [2.05, 4.69) is 0 Å². The highest BCUT2D eigenvalue weighted by Crippen LogP contribution is 2.29. The first-order valence-corrected chi connectivity index (χ1v) is 9.70. The van der Waals surface area contributed by atoms with E-state index in [0.29, 0.717) is 38.2 Å². The molecule has 1 unspecified atom stereocenters. The molecule has 3 heterocycles. The maximum absolute atomic E-state index is 12.9. The van der Waals surface area contributed by atoms with E-state index in [1.807, 2.05) is 0 Å². The predicted octanol–water partition coefficient (Wildman–Crippen LogP) is 1.02. The van der Waals surface area contributed by atoms with E-state index in [-0.39, 0.29) is 42.7 Å². The molecule has 3 saturated heterocycles. The summed E-state index contributed by atoms with van der Waals surface area (Å²) in [7, 11) is 1.58. The van der Waals surface area contributed by atoms with Crippen LogP contribution in [-0.4, -0.2) is 73.0 Å². The van der Waals surface area contributed by atoms with Crippen molar-refractivity contribution >= 4 is 29.5 Å². The lowest BCUT2D eigenvalue weighted by Crippen LogP contribution is -2.49. The van der Waals surface area contributed by atoms with Crippen molar-refractivity contribution in [3.05, 3.63) is 24.3 Å². The van der Waals surface area contributed by atoms with Gasteiger partial charge in [-0.3, -0.25) is 14.4 Å². The first-order chi connectivity index (χ1) is 14.0. The molecule has 0 radical (unpaired) electrons. The molecule has 1 aromatic rings. The summed E-state index contributed by atoms with van der Waals surface area (Å²) < 4.78 is 9.91. The van der Waals surface area contributed by atoms with E-state index < -0.39 is 6.09 Å². The van der Waals surface area contributed by atoms with Crippen LogP contribution in [0.2, 0.25) is 0 Å². The van der Waals surface area contributed by atoms with Gasteiger partial charge in [0.05, 0.1) is 13.0 Å². The van der Waals surface area contributed by atoms with Crippen molar-refractivity contribution in [3.8, 4) is 5.75 Å². The number of nitrogens with zero attached hydrogens (tertiary/aromatic N) is 3. The molecular weight excluding hydrogens is 378 g/mol. The number of likely N-dealkylation sites (tertiary alicyclic amines) is 1. The Bertz CT molecular complexity index is 815. The molecule has 0 bridgehead atoms. The minimum Gasteiger partial charge on any atom is -0.497 e. The first-order valence-electron chi connectivity index (χ1n) is 9.70. The number of methoxy groups -OCH3 is 1. The largest absolute Gasteiger partial charge is 0.497 e. The summed E-state index contributed by atoms with van der Waals surface area (Å²) in [6, 6.07) is 6.95. The van der Waals surface area contributed by atoms with Crippen molar-refractivity contribution in [3.63, 3.8) is 0 Å². The number of carbonyl (C=O) groups excluding carboxylic acids is 4. The number of carbonyl (C=O) groups is 4. The van der Waals surface area contributed by atoms with Gasteiger partial charge in [0, 0.05) is 37.8 Å². The fourth-order valence-electron chi connectivity index (χ4n) is 4.20.